The molecule has 1 aromatic carbocycles. The second-order valence-electron chi connectivity index (χ2n) is 7.50. The summed E-state index contributed by atoms with van der Waals surface area (Å²) in [6.07, 6.45) is 1.60. The molecule has 0 radical (unpaired) electrons. The van der Waals surface area contributed by atoms with Crippen LogP contribution in [0.15, 0.2) is 24.3 Å². The Balaban J connectivity index is 2.14. The minimum atomic E-state index is -1.08. The zero-order valence-electron chi connectivity index (χ0n) is 15.4. The van der Waals surface area contributed by atoms with E-state index in [1.165, 1.54) is 7.11 Å². The highest BCUT2D eigenvalue weighted by Gasteiger charge is 2.42. The quantitative estimate of drug-likeness (QED) is 0.827. The van der Waals surface area contributed by atoms with Crippen molar-refractivity contribution in [1.82, 2.24) is 5.32 Å². The number of carbonyl (C=O) groups excluding carboxylic acids is 1. The van der Waals surface area contributed by atoms with Crippen molar-refractivity contribution >= 4 is 6.09 Å². The van der Waals surface area contributed by atoms with E-state index >= 15 is 0 Å². The van der Waals surface area contributed by atoms with Crippen LogP contribution in [-0.4, -0.2) is 37.6 Å². The van der Waals surface area contributed by atoms with Crippen LogP contribution in [-0.2, 0) is 4.74 Å². The van der Waals surface area contributed by atoms with Crippen LogP contribution in [0.1, 0.15) is 38.7 Å². The Bertz CT molecular complexity index is 674. The Kier molecular flexibility index (Phi) is 5.97. The summed E-state index contributed by atoms with van der Waals surface area (Å²) >= 11 is 0. The SMILES string of the molecule is COC(=O)NCC1CC(C)(C)CC(O)(C#Cc2cccc(OC)c2)C1. The second kappa shape index (κ2) is 7.79. The summed E-state index contributed by atoms with van der Waals surface area (Å²) in [7, 11) is 2.96. The molecule has 0 saturated heterocycles. The molecule has 1 aromatic rings. The lowest BCUT2D eigenvalue weighted by Crippen LogP contribution is -2.45. The first kappa shape index (κ1) is 19.1. The maximum absolute atomic E-state index is 11.3. The van der Waals surface area contributed by atoms with Gasteiger partial charge in [-0.05, 0) is 48.8 Å². The van der Waals surface area contributed by atoms with Gasteiger partial charge in [-0.2, -0.15) is 0 Å². The first-order valence-electron chi connectivity index (χ1n) is 8.47. The number of benzene rings is 1. The summed E-state index contributed by atoms with van der Waals surface area (Å²) in [5.74, 6) is 7.02. The molecular weight excluding hydrogens is 318 g/mol. The lowest BCUT2D eigenvalue weighted by Gasteiger charge is -2.43. The third-order valence-corrected chi connectivity index (χ3v) is 4.47. The second-order valence-corrected chi connectivity index (χ2v) is 7.50. The normalized spacial score (nSPS) is 24.6. The minimum Gasteiger partial charge on any atom is -0.497 e. The number of hydrogen-bond donors (Lipinski definition) is 2. The van der Waals surface area contributed by atoms with Gasteiger partial charge >= 0.3 is 6.09 Å². The topological polar surface area (TPSA) is 67.8 Å². The van der Waals surface area contributed by atoms with Crippen molar-refractivity contribution in [3.8, 4) is 17.6 Å². The summed E-state index contributed by atoms with van der Waals surface area (Å²) in [6.45, 7) is 4.71. The number of amides is 1. The number of alkyl carbamates (subject to hydrolysis) is 1. The van der Waals surface area contributed by atoms with Crippen molar-refractivity contribution in [2.24, 2.45) is 11.3 Å². The molecule has 1 fully saturated rings. The fourth-order valence-electron chi connectivity index (χ4n) is 3.70. The first-order chi connectivity index (χ1) is 11.8. The molecule has 5 nitrogen and oxygen atoms in total. The van der Waals surface area contributed by atoms with E-state index in [0.29, 0.717) is 19.4 Å². The van der Waals surface area contributed by atoms with Crippen LogP contribution < -0.4 is 10.1 Å². The Labute approximate surface area is 149 Å². The van der Waals surface area contributed by atoms with Crippen LogP contribution in [0, 0.1) is 23.2 Å². The van der Waals surface area contributed by atoms with Crippen molar-refractivity contribution in [3.05, 3.63) is 29.8 Å². The van der Waals surface area contributed by atoms with Gasteiger partial charge in [0.2, 0.25) is 0 Å². The highest BCUT2D eigenvalue weighted by atomic mass is 16.5. The summed E-state index contributed by atoms with van der Waals surface area (Å²) in [6, 6.07) is 7.47. The van der Waals surface area contributed by atoms with Crippen LogP contribution in [0.2, 0.25) is 0 Å². The Morgan fingerprint density at radius 2 is 2.12 bits per heavy atom. The van der Waals surface area contributed by atoms with Crippen molar-refractivity contribution in [1.29, 1.82) is 0 Å². The Morgan fingerprint density at radius 1 is 1.36 bits per heavy atom. The minimum absolute atomic E-state index is 0.0570. The maximum atomic E-state index is 11.3. The van der Waals surface area contributed by atoms with E-state index < -0.39 is 11.7 Å². The van der Waals surface area contributed by atoms with Crippen molar-refractivity contribution < 1.29 is 19.4 Å². The van der Waals surface area contributed by atoms with Crippen LogP contribution >= 0.6 is 0 Å². The standard InChI is InChI=1S/C20H27NO4/c1-19(2)11-16(13-21-18(22)25-4)12-20(23,14-19)9-8-15-6-5-7-17(10-15)24-3/h5-7,10,16,23H,11-14H2,1-4H3,(H,21,22). The number of methoxy groups -OCH3 is 2. The van der Waals surface area contributed by atoms with Gasteiger partial charge in [0.1, 0.15) is 11.4 Å². The highest BCUT2D eigenvalue weighted by molar-refractivity contribution is 5.66. The first-order valence-corrected chi connectivity index (χ1v) is 8.47. The van der Waals surface area contributed by atoms with Gasteiger partial charge in [0, 0.05) is 12.1 Å². The van der Waals surface area contributed by atoms with E-state index in [9.17, 15) is 9.90 Å². The molecule has 25 heavy (non-hydrogen) atoms. The van der Waals surface area contributed by atoms with Gasteiger partial charge in [-0.25, -0.2) is 4.79 Å². The van der Waals surface area contributed by atoms with Crippen molar-refractivity contribution in [2.75, 3.05) is 20.8 Å². The van der Waals surface area contributed by atoms with Crippen molar-refractivity contribution in [2.45, 2.75) is 38.7 Å². The van der Waals surface area contributed by atoms with Gasteiger partial charge in [0.05, 0.1) is 14.2 Å². The van der Waals surface area contributed by atoms with E-state index in [2.05, 4.69) is 35.7 Å². The molecule has 1 saturated carbocycles. The molecule has 0 bridgehead atoms. The summed E-state index contributed by atoms with van der Waals surface area (Å²) in [5.41, 5.74) is -0.327. The van der Waals surface area contributed by atoms with Gasteiger partial charge in [-0.1, -0.05) is 31.8 Å². The van der Waals surface area contributed by atoms with Gasteiger partial charge < -0.3 is 19.9 Å². The molecular formula is C20H27NO4. The van der Waals surface area contributed by atoms with Crippen molar-refractivity contribution in [3.63, 3.8) is 0 Å². The van der Waals surface area contributed by atoms with Crippen LogP contribution in [0.5, 0.6) is 5.75 Å². The lowest BCUT2D eigenvalue weighted by atomic mass is 9.65. The monoisotopic (exact) mass is 345 g/mol. The smallest absolute Gasteiger partial charge is 0.406 e. The average Bonchev–Trinajstić information content (AvgIpc) is 2.56. The average molecular weight is 345 g/mol. The van der Waals surface area contributed by atoms with Gasteiger partial charge in [0.15, 0.2) is 0 Å². The van der Waals surface area contributed by atoms with E-state index in [1.807, 2.05) is 24.3 Å². The highest BCUT2D eigenvalue weighted by Crippen LogP contribution is 2.43. The largest absolute Gasteiger partial charge is 0.497 e. The number of hydrogen-bond acceptors (Lipinski definition) is 4. The molecule has 2 N–H and O–H groups in total. The zero-order chi connectivity index (χ0) is 18.5. The van der Waals surface area contributed by atoms with Gasteiger partial charge in [0.25, 0.3) is 0 Å². The van der Waals surface area contributed by atoms with E-state index in [4.69, 9.17) is 4.74 Å². The lowest BCUT2D eigenvalue weighted by molar-refractivity contribution is -0.0173. The van der Waals surface area contributed by atoms with Crippen LogP contribution in [0.3, 0.4) is 0 Å². The van der Waals surface area contributed by atoms with E-state index in [-0.39, 0.29) is 11.3 Å². The number of aliphatic hydroxyl groups is 1. The van der Waals surface area contributed by atoms with Crippen LogP contribution in [0.25, 0.3) is 0 Å². The molecule has 136 valence electrons. The predicted octanol–water partition coefficient (Wildman–Crippen LogP) is 2.96. The molecule has 1 aliphatic carbocycles. The summed E-state index contributed by atoms with van der Waals surface area (Å²) in [5, 5.41) is 13.8. The number of rotatable bonds is 3. The number of ether oxygens (including phenoxy) is 2. The molecule has 5 heteroatoms. The fourth-order valence-corrected chi connectivity index (χ4v) is 3.70. The third-order valence-electron chi connectivity index (χ3n) is 4.47. The fraction of sp³-hybridized carbons (Fsp3) is 0.550. The molecule has 1 aliphatic rings. The molecule has 0 aromatic heterocycles. The molecule has 1 amide bonds. The third kappa shape index (κ3) is 5.68. The molecule has 0 aliphatic heterocycles. The molecule has 2 atom stereocenters. The van der Waals surface area contributed by atoms with Gasteiger partial charge in [-0.3, -0.25) is 0 Å². The van der Waals surface area contributed by atoms with E-state index in [1.54, 1.807) is 7.11 Å². The predicted molar refractivity (Wildman–Crippen MR) is 96.4 cm³/mol. The van der Waals surface area contributed by atoms with Gasteiger partial charge in [-0.15, -0.1) is 0 Å². The number of carbonyl (C=O) groups is 1. The molecule has 2 rings (SSSR count). The molecule has 0 heterocycles. The summed E-state index contributed by atoms with van der Waals surface area (Å²) < 4.78 is 9.82. The maximum Gasteiger partial charge on any atom is 0.406 e. The molecule has 2 unspecified atom stereocenters. The number of nitrogens with one attached hydrogen (secondary N) is 1. The Morgan fingerprint density at radius 3 is 2.80 bits per heavy atom. The summed E-state index contributed by atoms with van der Waals surface area (Å²) in [4.78, 5) is 11.3. The molecule has 0 spiro atoms. The van der Waals surface area contributed by atoms with Crippen LogP contribution in [0.4, 0.5) is 4.79 Å². The Hall–Kier alpha value is -2.19. The zero-order valence-corrected chi connectivity index (χ0v) is 15.4. The van der Waals surface area contributed by atoms with E-state index in [0.717, 1.165) is 17.7 Å².